The van der Waals surface area contributed by atoms with Crippen LogP contribution < -0.4 is 25.2 Å². The molecule has 3 aliphatic rings. The lowest BCUT2D eigenvalue weighted by molar-refractivity contribution is -0.120. The molecule has 0 radical (unpaired) electrons. The van der Waals surface area contributed by atoms with Crippen molar-refractivity contribution in [3.05, 3.63) is 81.5 Å². The molecule has 13 nitrogen and oxygen atoms in total. The quantitative estimate of drug-likeness (QED) is 0.165. The van der Waals surface area contributed by atoms with Gasteiger partial charge in [0.25, 0.3) is 11.5 Å². The second-order valence-electron chi connectivity index (χ2n) is 15.0. The minimum atomic E-state index is -0.541. The second kappa shape index (κ2) is 18.1. The normalized spacial score (nSPS) is 17.3. The maximum Gasteiger partial charge on any atom is 0.328 e. The highest BCUT2D eigenvalue weighted by atomic mass is 35.5. The zero-order valence-corrected chi connectivity index (χ0v) is 33.7. The van der Waals surface area contributed by atoms with Crippen LogP contribution in [-0.4, -0.2) is 103 Å². The molecule has 7 rings (SSSR count). The van der Waals surface area contributed by atoms with E-state index in [1.165, 1.54) is 4.90 Å². The summed E-state index contributed by atoms with van der Waals surface area (Å²) in [5.74, 6) is 1.06. The summed E-state index contributed by atoms with van der Waals surface area (Å²) in [4.78, 5) is 60.7. The van der Waals surface area contributed by atoms with E-state index >= 15 is 0 Å². The van der Waals surface area contributed by atoms with E-state index in [0.717, 1.165) is 98.2 Å². The number of ether oxygens (including phenoxy) is 3. The van der Waals surface area contributed by atoms with Gasteiger partial charge in [-0.15, -0.1) is 0 Å². The van der Waals surface area contributed by atoms with Gasteiger partial charge in [0.1, 0.15) is 11.5 Å². The third kappa shape index (κ3) is 8.95. The van der Waals surface area contributed by atoms with Crippen molar-refractivity contribution < 1.29 is 28.6 Å². The van der Waals surface area contributed by atoms with E-state index in [2.05, 4.69) is 22.1 Å². The lowest BCUT2D eigenvalue weighted by Gasteiger charge is -2.37. The first-order valence-electron chi connectivity index (χ1n) is 20.0. The monoisotopic (exact) mass is 798 g/mol. The Morgan fingerprint density at radius 3 is 2.26 bits per heavy atom. The number of halogens is 1. The number of hydrogen-bond donors (Lipinski definition) is 1. The lowest BCUT2D eigenvalue weighted by atomic mass is 9.97. The first kappa shape index (κ1) is 40.2. The molecule has 302 valence electrons. The number of nitrogens with zero attached hydrogens (tertiary/aromatic N) is 5. The highest BCUT2D eigenvalue weighted by molar-refractivity contribution is 6.34. The van der Waals surface area contributed by atoms with Gasteiger partial charge < -0.3 is 28.6 Å². The number of aryl methyl sites for hydroxylation is 1. The van der Waals surface area contributed by atoms with Crippen LogP contribution in [0.15, 0.2) is 59.8 Å². The molecule has 5 heterocycles. The topological polar surface area (TPSA) is 136 Å². The molecular weight excluding hydrogens is 748 g/mol. The highest BCUT2D eigenvalue weighted by Crippen LogP contribution is 2.38. The SMILES string of the molecule is CCCCn1cc(-c2cc(OC)c(CCN3CCC(OC4CCN(C(=O)c5ccc(Cl)c(N6CCC(=O)NC6=O)c5)CC4)CC3)c(OC)c2)c2ccncc2c1=O. The number of methoxy groups -OCH3 is 2. The van der Waals surface area contributed by atoms with E-state index in [-0.39, 0.29) is 42.5 Å². The number of fused-ring (bicyclic) bond motifs is 1. The number of anilines is 1. The number of carbonyl (C=O) groups is 3. The fourth-order valence-electron chi connectivity index (χ4n) is 8.18. The Morgan fingerprint density at radius 2 is 1.60 bits per heavy atom. The number of benzene rings is 2. The molecule has 3 fully saturated rings. The Morgan fingerprint density at radius 1 is 0.895 bits per heavy atom. The summed E-state index contributed by atoms with van der Waals surface area (Å²) >= 11 is 6.40. The third-order valence-corrected chi connectivity index (χ3v) is 11.7. The number of pyridine rings is 2. The van der Waals surface area contributed by atoms with Gasteiger partial charge in [0.2, 0.25) is 5.91 Å². The molecule has 0 saturated carbocycles. The molecule has 1 N–H and O–H groups in total. The number of hydrogen-bond acceptors (Lipinski definition) is 9. The summed E-state index contributed by atoms with van der Waals surface area (Å²) in [5.41, 5.74) is 3.70. The highest BCUT2D eigenvalue weighted by Gasteiger charge is 2.30. The van der Waals surface area contributed by atoms with Crippen molar-refractivity contribution in [2.24, 2.45) is 0 Å². The fraction of sp³-hybridized carbons (Fsp3) is 0.465. The number of imide groups is 1. The molecule has 4 aromatic rings. The van der Waals surface area contributed by atoms with E-state index in [4.69, 9.17) is 25.8 Å². The molecule has 0 spiro atoms. The van der Waals surface area contributed by atoms with E-state index in [0.29, 0.717) is 41.3 Å². The summed E-state index contributed by atoms with van der Waals surface area (Å²) in [6.07, 6.45) is 11.8. The van der Waals surface area contributed by atoms with Crippen LogP contribution in [0.4, 0.5) is 10.5 Å². The molecule has 0 aliphatic carbocycles. The number of rotatable bonds is 13. The molecule has 2 aromatic heterocycles. The molecule has 57 heavy (non-hydrogen) atoms. The third-order valence-electron chi connectivity index (χ3n) is 11.4. The van der Waals surface area contributed by atoms with Crippen LogP contribution in [-0.2, 0) is 22.5 Å². The maximum absolute atomic E-state index is 13.5. The van der Waals surface area contributed by atoms with Gasteiger partial charge in [-0.2, -0.15) is 0 Å². The lowest BCUT2D eigenvalue weighted by Crippen LogP contribution is -2.49. The molecule has 0 unspecified atom stereocenters. The van der Waals surface area contributed by atoms with Gasteiger partial charge in [-0.25, -0.2) is 4.79 Å². The number of likely N-dealkylation sites (tertiary alicyclic amines) is 2. The van der Waals surface area contributed by atoms with Crippen LogP contribution in [0.1, 0.15) is 67.8 Å². The molecule has 0 atom stereocenters. The molecule has 2 aromatic carbocycles. The maximum atomic E-state index is 13.5. The van der Waals surface area contributed by atoms with Crippen molar-refractivity contribution >= 4 is 45.9 Å². The molecule has 0 bridgehead atoms. The zero-order chi connectivity index (χ0) is 40.1. The van der Waals surface area contributed by atoms with Crippen molar-refractivity contribution in [3.8, 4) is 22.6 Å². The van der Waals surface area contributed by atoms with E-state index in [1.807, 2.05) is 29.3 Å². The number of nitrogens with one attached hydrogen (secondary N) is 1. The Labute approximate surface area is 337 Å². The van der Waals surface area contributed by atoms with Crippen LogP contribution >= 0.6 is 11.6 Å². The van der Waals surface area contributed by atoms with Crippen molar-refractivity contribution in [3.63, 3.8) is 0 Å². The van der Waals surface area contributed by atoms with Gasteiger partial charge in [0.05, 0.1) is 42.5 Å². The first-order valence-corrected chi connectivity index (χ1v) is 20.4. The van der Waals surface area contributed by atoms with Crippen LogP contribution in [0, 0.1) is 0 Å². The van der Waals surface area contributed by atoms with Gasteiger partial charge in [-0.05, 0) is 85.9 Å². The van der Waals surface area contributed by atoms with Gasteiger partial charge in [0, 0.05) is 87.5 Å². The summed E-state index contributed by atoms with van der Waals surface area (Å²) in [7, 11) is 3.37. The Hall–Kier alpha value is -4.98. The summed E-state index contributed by atoms with van der Waals surface area (Å²) in [6.45, 7) is 6.82. The van der Waals surface area contributed by atoms with Crippen LogP contribution in [0.2, 0.25) is 5.02 Å². The average Bonchev–Trinajstić information content (AvgIpc) is 3.23. The Bertz CT molecular complexity index is 2150. The predicted octanol–water partition coefficient (Wildman–Crippen LogP) is 6.31. The number of aromatic nitrogens is 2. The molecule has 3 saturated heterocycles. The smallest absolute Gasteiger partial charge is 0.328 e. The van der Waals surface area contributed by atoms with Crippen molar-refractivity contribution in [2.75, 3.05) is 58.4 Å². The number of amides is 4. The number of unbranched alkanes of at least 4 members (excludes halogenated alkanes) is 1. The van der Waals surface area contributed by atoms with E-state index in [1.54, 1.807) is 49.4 Å². The minimum absolute atomic E-state index is 0.0319. The molecule has 4 amide bonds. The summed E-state index contributed by atoms with van der Waals surface area (Å²) in [5, 5.41) is 4.09. The second-order valence-corrected chi connectivity index (χ2v) is 15.4. The predicted molar refractivity (Wildman–Crippen MR) is 220 cm³/mol. The summed E-state index contributed by atoms with van der Waals surface area (Å²) < 4.78 is 20.3. The van der Waals surface area contributed by atoms with Crippen molar-refractivity contribution in [2.45, 2.75) is 77.0 Å². The fourth-order valence-corrected chi connectivity index (χ4v) is 8.40. The minimum Gasteiger partial charge on any atom is -0.496 e. The first-order chi connectivity index (χ1) is 27.7. The molecule has 14 heteroatoms. The van der Waals surface area contributed by atoms with E-state index < -0.39 is 6.03 Å². The Balaban J connectivity index is 0.922. The van der Waals surface area contributed by atoms with Crippen LogP contribution in [0.3, 0.4) is 0 Å². The van der Waals surface area contributed by atoms with Crippen molar-refractivity contribution in [1.82, 2.24) is 24.7 Å². The number of piperidine rings is 2. The van der Waals surface area contributed by atoms with Crippen LogP contribution in [0.5, 0.6) is 11.5 Å². The van der Waals surface area contributed by atoms with Gasteiger partial charge in [0.15, 0.2) is 0 Å². The van der Waals surface area contributed by atoms with Crippen LogP contribution in [0.25, 0.3) is 21.9 Å². The van der Waals surface area contributed by atoms with Gasteiger partial charge in [-0.3, -0.25) is 29.6 Å². The summed E-state index contributed by atoms with van der Waals surface area (Å²) in [6, 6.07) is 10.4. The largest absolute Gasteiger partial charge is 0.496 e. The average molecular weight is 799 g/mol. The number of carbonyl (C=O) groups excluding carboxylic acids is 3. The standard InChI is InChI=1S/C43H51ClN6O7/c1-4-5-16-49-27-35(32-8-15-45-26-34(32)42(49)53)29-24-38(55-2)33(39(25-29)56-3)13-19-47-17-9-30(10-18-47)57-31-11-20-48(21-12-31)41(52)28-6-7-36(44)37(23-28)50-22-14-40(51)46-43(50)54/h6-8,15,23-27,30-31H,4-5,9-14,16-22H2,1-3H3,(H,46,51,54). The Kier molecular flexibility index (Phi) is 12.8. The zero-order valence-electron chi connectivity index (χ0n) is 32.9. The van der Waals surface area contributed by atoms with Gasteiger partial charge >= 0.3 is 6.03 Å². The van der Waals surface area contributed by atoms with Gasteiger partial charge in [-0.1, -0.05) is 24.9 Å². The molecule has 3 aliphatic heterocycles. The molecular formula is C43H51ClN6O7. The number of urea groups is 1. The van der Waals surface area contributed by atoms with Crippen molar-refractivity contribution in [1.29, 1.82) is 0 Å². The van der Waals surface area contributed by atoms with E-state index in [9.17, 15) is 19.2 Å².